The topological polar surface area (TPSA) is 101 Å². The standard InChI is InChI=1S/C9H11NO4S/c10-6-8(15(12,13)14)5-7-3-1-2-4-9(7)11/h1-5,11H,6,10H2,(H,12,13,14). The maximum atomic E-state index is 10.8. The molecule has 82 valence electrons. The van der Waals surface area contributed by atoms with Gasteiger partial charge in [0.25, 0.3) is 10.1 Å². The minimum Gasteiger partial charge on any atom is -0.507 e. The first-order valence-corrected chi connectivity index (χ1v) is 5.55. The van der Waals surface area contributed by atoms with Crippen LogP contribution in [-0.2, 0) is 10.1 Å². The van der Waals surface area contributed by atoms with Crippen LogP contribution in [0, 0.1) is 0 Å². The summed E-state index contributed by atoms with van der Waals surface area (Å²) in [6.45, 7) is -0.326. The molecule has 0 aromatic heterocycles. The highest BCUT2D eigenvalue weighted by atomic mass is 32.2. The Morgan fingerprint density at radius 1 is 1.40 bits per heavy atom. The van der Waals surface area contributed by atoms with Gasteiger partial charge in [-0.15, -0.1) is 0 Å². The van der Waals surface area contributed by atoms with E-state index < -0.39 is 10.1 Å². The van der Waals surface area contributed by atoms with Crippen molar-refractivity contribution in [2.45, 2.75) is 0 Å². The molecule has 0 fully saturated rings. The van der Waals surface area contributed by atoms with Gasteiger partial charge in [0.1, 0.15) is 5.75 Å². The second-order valence-electron chi connectivity index (χ2n) is 2.85. The number of hydrogen-bond donors (Lipinski definition) is 3. The average Bonchev–Trinajstić information content (AvgIpc) is 2.14. The number of aromatic hydroxyl groups is 1. The second kappa shape index (κ2) is 4.43. The fourth-order valence-corrected chi connectivity index (χ4v) is 1.51. The molecule has 0 heterocycles. The van der Waals surface area contributed by atoms with Gasteiger partial charge in [-0.25, -0.2) is 0 Å². The van der Waals surface area contributed by atoms with E-state index in [2.05, 4.69) is 0 Å². The van der Waals surface area contributed by atoms with Crippen molar-refractivity contribution in [3.63, 3.8) is 0 Å². The van der Waals surface area contributed by atoms with Crippen LogP contribution in [0.4, 0.5) is 0 Å². The molecule has 6 heteroatoms. The Morgan fingerprint density at radius 2 is 2.00 bits per heavy atom. The molecule has 5 nitrogen and oxygen atoms in total. The molecule has 1 aromatic carbocycles. The van der Waals surface area contributed by atoms with E-state index in [1.807, 2.05) is 0 Å². The molecule has 15 heavy (non-hydrogen) atoms. The summed E-state index contributed by atoms with van der Waals surface area (Å²) in [6, 6.07) is 6.14. The van der Waals surface area contributed by atoms with E-state index in [0.717, 1.165) is 6.08 Å². The molecular weight excluding hydrogens is 218 g/mol. The number of para-hydroxylation sites is 1. The van der Waals surface area contributed by atoms with Crippen molar-refractivity contribution in [2.75, 3.05) is 6.54 Å². The van der Waals surface area contributed by atoms with Gasteiger partial charge in [-0.2, -0.15) is 8.42 Å². The van der Waals surface area contributed by atoms with Crippen molar-refractivity contribution in [3.05, 3.63) is 34.7 Å². The van der Waals surface area contributed by atoms with Crippen molar-refractivity contribution in [3.8, 4) is 5.75 Å². The van der Waals surface area contributed by atoms with Crippen LogP contribution < -0.4 is 5.73 Å². The third kappa shape index (κ3) is 3.05. The second-order valence-corrected chi connectivity index (χ2v) is 4.32. The Hall–Kier alpha value is -1.37. The van der Waals surface area contributed by atoms with E-state index in [1.165, 1.54) is 12.1 Å². The summed E-state index contributed by atoms with van der Waals surface area (Å²) in [5.41, 5.74) is 5.46. The van der Waals surface area contributed by atoms with Gasteiger partial charge in [0.15, 0.2) is 0 Å². The molecule has 0 aliphatic heterocycles. The number of hydrogen-bond acceptors (Lipinski definition) is 4. The lowest BCUT2D eigenvalue weighted by atomic mass is 10.2. The van der Waals surface area contributed by atoms with Gasteiger partial charge in [-0.1, -0.05) is 18.2 Å². The van der Waals surface area contributed by atoms with Gasteiger partial charge in [-0.3, -0.25) is 4.55 Å². The Balaban J connectivity index is 3.22. The molecule has 4 N–H and O–H groups in total. The number of benzene rings is 1. The maximum Gasteiger partial charge on any atom is 0.291 e. The molecule has 0 atom stereocenters. The average molecular weight is 229 g/mol. The van der Waals surface area contributed by atoms with Crippen LogP contribution in [0.3, 0.4) is 0 Å². The molecule has 0 aliphatic rings. The van der Waals surface area contributed by atoms with Crippen LogP contribution in [0.15, 0.2) is 29.2 Å². The molecule has 0 saturated heterocycles. The third-order valence-corrected chi connectivity index (χ3v) is 2.73. The van der Waals surface area contributed by atoms with Crippen molar-refractivity contribution in [1.82, 2.24) is 0 Å². The molecule has 0 radical (unpaired) electrons. The lowest BCUT2D eigenvalue weighted by molar-refractivity contribution is 0.474. The normalized spacial score (nSPS) is 12.8. The lowest BCUT2D eigenvalue weighted by Crippen LogP contribution is -2.12. The first-order valence-electron chi connectivity index (χ1n) is 4.11. The Labute approximate surface area is 87.6 Å². The van der Waals surface area contributed by atoms with Crippen LogP contribution in [0.5, 0.6) is 5.75 Å². The zero-order valence-electron chi connectivity index (χ0n) is 7.79. The summed E-state index contributed by atoms with van der Waals surface area (Å²) in [5.74, 6) is -0.0768. The molecule has 0 unspecified atom stereocenters. The Morgan fingerprint density at radius 3 is 2.47 bits per heavy atom. The minimum atomic E-state index is -4.30. The van der Waals surface area contributed by atoms with Gasteiger partial charge in [0, 0.05) is 12.1 Å². The Kier molecular flexibility index (Phi) is 3.46. The molecule has 0 spiro atoms. The monoisotopic (exact) mass is 229 g/mol. The molecule has 1 rings (SSSR count). The molecule has 0 bridgehead atoms. The van der Waals surface area contributed by atoms with Gasteiger partial charge in [-0.05, 0) is 12.1 Å². The molecule has 0 amide bonds. The van der Waals surface area contributed by atoms with E-state index in [0.29, 0.717) is 0 Å². The first kappa shape index (κ1) is 11.7. The van der Waals surface area contributed by atoms with Crippen LogP contribution in [0.2, 0.25) is 0 Å². The molecule has 0 aliphatic carbocycles. The smallest absolute Gasteiger partial charge is 0.291 e. The van der Waals surface area contributed by atoms with E-state index >= 15 is 0 Å². The highest BCUT2D eigenvalue weighted by Gasteiger charge is 2.12. The number of phenolic OH excluding ortho intramolecular Hbond substituents is 1. The highest BCUT2D eigenvalue weighted by molar-refractivity contribution is 7.90. The summed E-state index contributed by atoms with van der Waals surface area (Å²) < 4.78 is 30.4. The largest absolute Gasteiger partial charge is 0.507 e. The fraction of sp³-hybridized carbons (Fsp3) is 0.111. The lowest BCUT2D eigenvalue weighted by Gasteiger charge is -2.02. The summed E-state index contributed by atoms with van der Waals surface area (Å²) >= 11 is 0. The quantitative estimate of drug-likeness (QED) is 0.658. The van der Waals surface area contributed by atoms with E-state index in [-0.39, 0.29) is 22.8 Å². The predicted molar refractivity (Wildman–Crippen MR) is 56.7 cm³/mol. The van der Waals surface area contributed by atoms with Crippen LogP contribution in [0.1, 0.15) is 5.56 Å². The van der Waals surface area contributed by atoms with Crippen molar-refractivity contribution >= 4 is 16.2 Å². The highest BCUT2D eigenvalue weighted by Crippen LogP contribution is 2.20. The number of rotatable bonds is 3. The van der Waals surface area contributed by atoms with Crippen LogP contribution >= 0.6 is 0 Å². The van der Waals surface area contributed by atoms with Gasteiger partial charge in [0.2, 0.25) is 0 Å². The zero-order valence-corrected chi connectivity index (χ0v) is 8.61. The fourth-order valence-electron chi connectivity index (χ4n) is 1.02. The third-order valence-electron chi connectivity index (χ3n) is 1.79. The van der Waals surface area contributed by atoms with Gasteiger partial charge >= 0.3 is 0 Å². The molecule has 1 aromatic rings. The number of nitrogens with two attached hydrogens (primary N) is 1. The summed E-state index contributed by atoms with van der Waals surface area (Å²) in [4.78, 5) is -0.344. The summed E-state index contributed by atoms with van der Waals surface area (Å²) in [7, 11) is -4.30. The SMILES string of the molecule is NCC(=Cc1ccccc1O)S(=O)(=O)O. The van der Waals surface area contributed by atoms with Gasteiger partial charge in [0.05, 0.1) is 4.91 Å². The number of phenols is 1. The molecule has 0 saturated carbocycles. The predicted octanol–water partition coefficient (Wildman–Crippen LogP) is 0.580. The summed E-state index contributed by atoms with van der Waals surface area (Å²) in [5, 5.41) is 9.36. The van der Waals surface area contributed by atoms with Crippen LogP contribution in [-0.4, -0.2) is 24.6 Å². The maximum absolute atomic E-state index is 10.8. The van der Waals surface area contributed by atoms with Crippen molar-refractivity contribution in [1.29, 1.82) is 0 Å². The zero-order chi connectivity index (χ0) is 11.5. The van der Waals surface area contributed by atoms with E-state index in [9.17, 15) is 13.5 Å². The van der Waals surface area contributed by atoms with E-state index in [4.69, 9.17) is 10.3 Å². The van der Waals surface area contributed by atoms with Crippen molar-refractivity contribution in [2.24, 2.45) is 5.73 Å². The van der Waals surface area contributed by atoms with Gasteiger partial charge < -0.3 is 10.8 Å². The van der Waals surface area contributed by atoms with Crippen LogP contribution in [0.25, 0.3) is 6.08 Å². The minimum absolute atomic E-state index is 0.0768. The first-order chi connectivity index (χ1) is 6.95. The molecular formula is C9H11NO4S. The Bertz CT molecular complexity index is 479. The van der Waals surface area contributed by atoms with Crippen molar-refractivity contribution < 1.29 is 18.1 Å². The van der Waals surface area contributed by atoms with E-state index in [1.54, 1.807) is 12.1 Å². The summed E-state index contributed by atoms with van der Waals surface area (Å²) in [6.07, 6.45) is 1.13.